The van der Waals surface area contributed by atoms with Gasteiger partial charge in [0.05, 0.1) is 0 Å². The molecular formula is MoORuSe. The summed E-state index contributed by atoms with van der Waals surface area (Å²) in [4.78, 5) is 0. The van der Waals surface area contributed by atoms with Crippen LogP contribution in [-0.2, 0) is 44.4 Å². The first-order valence-corrected chi connectivity index (χ1v) is 0.866. The van der Waals surface area contributed by atoms with Gasteiger partial charge in [-0.15, -0.1) is 0 Å². The summed E-state index contributed by atoms with van der Waals surface area (Å²) < 4.78 is 8.12. The molecule has 0 atom stereocenters. The van der Waals surface area contributed by atoms with Crippen molar-refractivity contribution in [1.82, 2.24) is 0 Å². The van der Waals surface area contributed by atoms with Crippen LogP contribution in [0.5, 0.6) is 0 Å². The van der Waals surface area contributed by atoms with Crippen LogP contribution >= 0.6 is 0 Å². The average molecular weight is 292 g/mol. The van der Waals surface area contributed by atoms with Gasteiger partial charge in [0, 0.05) is 40.5 Å². The van der Waals surface area contributed by atoms with Gasteiger partial charge in [-0.2, -0.15) is 0 Å². The van der Waals surface area contributed by atoms with E-state index in [4.69, 9.17) is 3.83 Å². The van der Waals surface area contributed by atoms with E-state index in [1.807, 2.05) is 0 Å². The Morgan fingerprint density at radius 1 is 1.25 bits per heavy atom. The molecule has 4 heteroatoms. The Bertz CT molecular complexity index is 8.00. The first kappa shape index (κ1) is 17.4. The topological polar surface area (TPSA) is 17.1 Å². The van der Waals surface area contributed by atoms with Crippen LogP contribution in [0, 0.1) is 0 Å². The third-order valence-corrected chi connectivity index (χ3v) is 0. The van der Waals surface area contributed by atoms with E-state index in [9.17, 15) is 0 Å². The number of rotatable bonds is 0. The summed E-state index contributed by atoms with van der Waals surface area (Å²) in [5.74, 6) is 0. The van der Waals surface area contributed by atoms with Crippen LogP contribution in [0.1, 0.15) is 0 Å². The van der Waals surface area contributed by atoms with Crippen molar-refractivity contribution in [3.8, 4) is 0 Å². The van der Waals surface area contributed by atoms with Gasteiger partial charge in [-0.3, -0.25) is 0 Å². The number of hydrogen-bond donors (Lipinski definition) is 0. The maximum absolute atomic E-state index is 8.12. The van der Waals surface area contributed by atoms with Gasteiger partial charge in [0.15, 0.2) is 0 Å². The molecule has 0 saturated heterocycles. The van der Waals surface area contributed by atoms with E-state index >= 15 is 0 Å². The van der Waals surface area contributed by atoms with Crippen molar-refractivity contribution in [1.29, 1.82) is 0 Å². The second kappa shape index (κ2) is 23.0. The van der Waals surface area contributed by atoms with Gasteiger partial charge in [0.1, 0.15) is 0 Å². The van der Waals surface area contributed by atoms with Crippen molar-refractivity contribution in [2.24, 2.45) is 0 Å². The molecule has 0 bridgehead atoms. The van der Waals surface area contributed by atoms with Crippen molar-refractivity contribution < 1.29 is 44.4 Å². The van der Waals surface area contributed by atoms with E-state index in [0.717, 1.165) is 0 Å². The summed E-state index contributed by atoms with van der Waals surface area (Å²) in [5, 5.41) is 0. The molecule has 0 amide bonds. The smallest absolute Gasteiger partial charge is 0 e. The fraction of sp³-hybridized carbons (Fsp3) is 0. The fourth-order valence-electron chi connectivity index (χ4n) is 0. The van der Waals surface area contributed by atoms with Crippen LogP contribution in [0.25, 0.3) is 0 Å². The van der Waals surface area contributed by atoms with E-state index in [0.29, 0.717) is 0 Å². The second-order valence-electron chi connectivity index (χ2n) is 0. The minimum atomic E-state index is 0. The third-order valence-electron chi connectivity index (χ3n) is 0. The van der Waals surface area contributed by atoms with Crippen molar-refractivity contribution in [2.75, 3.05) is 0 Å². The summed E-state index contributed by atoms with van der Waals surface area (Å²) in [6, 6.07) is 0. The Hall–Kier alpha value is 1.63. The first-order valence-electron chi connectivity index (χ1n) is 0.167. The van der Waals surface area contributed by atoms with E-state index in [1.54, 1.807) is 0 Å². The third kappa shape index (κ3) is 9.45. The zero-order chi connectivity index (χ0) is 2.00. The molecule has 26 valence electrons. The molecule has 1 nitrogen and oxygen atoms in total. The molecule has 0 saturated carbocycles. The van der Waals surface area contributed by atoms with Crippen molar-refractivity contribution >= 4 is 15.9 Å². The van der Waals surface area contributed by atoms with Crippen LogP contribution in [0.15, 0.2) is 0 Å². The maximum Gasteiger partial charge on any atom is 0 e. The molecular weight excluding hydrogens is 292 g/mol. The second-order valence-corrected chi connectivity index (χ2v) is 0. The fourth-order valence-corrected chi connectivity index (χ4v) is 0. The summed E-state index contributed by atoms with van der Waals surface area (Å²) in [6.45, 7) is 0. The van der Waals surface area contributed by atoms with Crippen molar-refractivity contribution in [2.45, 2.75) is 0 Å². The zero-order valence-corrected chi connectivity index (χ0v) is 7.04. The molecule has 0 spiro atoms. The predicted molar refractivity (Wildman–Crippen MR) is 6.44 cm³/mol. The van der Waals surface area contributed by atoms with E-state index in [-0.39, 0.29) is 40.5 Å². The van der Waals surface area contributed by atoms with Crippen LogP contribution in [0.2, 0.25) is 0 Å². The van der Waals surface area contributed by atoms with E-state index < -0.39 is 0 Å². The average Bonchev–Trinajstić information content (AvgIpc) is 1.00. The van der Waals surface area contributed by atoms with Gasteiger partial charge >= 0.3 is 19.8 Å². The first-order chi connectivity index (χ1) is 1.00. The molecule has 0 aromatic carbocycles. The quantitative estimate of drug-likeness (QED) is 0.550. The summed E-state index contributed by atoms with van der Waals surface area (Å²) in [6.07, 6.45) is 0. The molecule has 0 fully saturated rings. The monoisotopic (exact) mass is 296 g/mol. The minimum Gasteiger partial charge on any atom is 0 e. The van der Waals surface area contributed by atoms with Gasteiger partial charge in [-0.25, -0.2) is 0 Å². The van der Waals surface area contributed by atoms with Crippen LogP contribution in [0.4, 0.5) is 0 Å². The summed E-state index contributed by atoms with van der Waals surface area (Å²) >= 11 is 1.38. The minimum absolute atomic E-state index is 0. The largest absolute Gasteiger partial charge is 0 e. The van der Waals surface area contributed by atoms with E-state index in [2.05, 4.69) is 0 Å². The Morgan fingerprint density at radius 3 is 1.25 bits per heavy atom. The molecule has 0 aliphatic heterocycles. The van der Waals surface area contributed by atoms with Crippen LogP contribution in [0.3, 0.4) is 0 Å². The van der Waals surface area contributed by atoms with Gasteiger partial charge < -0.3 is 0 Å². The Morgan fingerprint density at radius 2 is 1.25 bits per heavy atom. The van der Waals surface area contributed by atoms with Crippen LogP contribution in [-0.4, -0.2) is 15.9 Å². The van der Waals surface area contributed by atoms with Crippen molar-refractivity contribution in [3.63, 3.8) is 0 Å². The van der Waals surface area contributed by atoms with E-state index in [1.165, 1.54) is 15.9 Å². The normalized spacial score (nSPS) is 1.00. The molecule has 0 radical (unpaired) electrons. The summed E-state index contributed by atoms with van der Waals surface area (Å²) in [5.41, 5.74) is 0. The Kier molecular flexibility index (Phi) is 100. The molecule has 0 aliphatic carbocycles. The van der Waals surface area contributed by atoms with Gasteiger partial charge in [-0.1, -0.05) is 0 Å². The Labute approximate surface area is 60.0 Å². The predicted octanol–water partition coefficient (Wildman–Crippen LogP) is -0.505. The molecule has 4 heavy (non-hydrogen) atoms. The molecule has 0 rings (SSSR count). The van der Waals surface area contributed by atoms with Gasteiger partial charge in [-0.05, 0) is 0 Å². The number of hydrogen-bond acceptors (Lipinski definition) is 1. The SMILES string of the molecule is O=[Se].[Mo].[Ru]. The molecule has 0 aliphatic rings. The van der Waals surface area contributed by atoms with Gasteiger partial charge in [0.2, 0.25) is 0 Å². The molecule has 0 heterocycles. The molecule has 0 unspecified atom stereocenters. The molecule has 0 aromatic rings. The Balaban J connectivity index is -0.00000000500. The van der Waals surface area contributed by atoms with Crippen molar-refractivity contribution in [3.05, 3.63) is 0 Å². The molecule has 0 N–H and O–H groups in total. The zero-order valence-electron chi connectivity index (χ0n) is 1.58. The summed E-state index contributed by atoms with van der Waals surface area (Å²) in [7, 11) is 0. The maximum atomic E-state index is 8.12. The molecule has 0 aromatic heterocycles. The van der Waals surface area contributed by atoms with Gasteiger partial charge in [0.25, 0.3) is 0 Å². The standard InChI is InChI=1S/Mo.OSe.Ru/c;1-2;. The van der Waals surface area contributed by atoms with Crippen LogP contribution < -0.4 is 0 Å².